The summed E-state index contributed by atoms with van der Waals surface area (Å²) in [4.78, 5) is 0. The molecule has 3 fully saturated rings. The van der Waals surface area contributed by atoms with Crippen molar-refractivity contribution in [3.8, 4) is 22.4 Å². The molecule has 4 aromatic carbocycles. The largest absolute Gasteiger partial charge is 0.455 e. The minimum Gasteiger partial charge on any atom is -0.455 e. The van der Waals surface area contributed by atoms with Crippen molar-refractivity contribution in [2.24, 2.45) is 18.9 Å². The van der Waals surface area contributed by atoms with Crippen LogP contribution in [0.5, 0.6) is 0 Å². The molecule has 2 heteroatoms. The fraction of sp³-hybridized carbons (Fsp3) is 0.250. The SMILES string of the molecule is [2H]C1(c2ccc(-c3cc[n+](C)c(-c4cc5oc6c7ccccc7ccc6c5cc4C)c3)cc2)CC2CC(C2)C1. The molecule has 2 nitrogen and oxygen atoms in total. The first-order valence-electron chi connectivity index (χ1n) is 14.4. The maximum Gasteiger partial charge on any atom is 0.213 e. The second-order valence-corrected chi connectivity index (χ2v) is 11.6. The lowest BCUT2D eigenvalue weighted by atomic mass is 9.60. The molecular formula is C36H32NO+. The van der Waals surface area contributed by atoms with Gasteiger partial charge in [0.2, 0.25) is 5.69 Å². The zero-order chi connectivity index (χ0) is 26.3. The van der Waals surface area contributed by atoms with Crippen LogP contribution in [0, 0.1) is 18.8 Å². The normalized spacial score (nSPS) is 23.1. The van der Waals surface area contributed by atoms with Crippen LogP contribution in [0.3, 0.4) is 0 Å². The maximum absolute atomic E-state index is 9.13. The molecule has 0 unspecified atom stereocenters. The van der Waals surface area contributed by atoms with Crippen LogP contribution in [0.2, 0.25) is 0 Å². The molecule has 0 atom stereocenters. The summed E-state index contributed by atoms with van der Waals surface area (Å²) in [5.74, 6) is 1.13. The predicted octanol–water partition coefficient (Wildman–Crippen LogP) is 9.11. The van der Waals surface area contributed by atoms with Crippen LogP contribution in [0.25, 0.3) is 55.1 Å². The monoisotopic (exact) mass is 495 g/mol. The van der Waals surface area contributed by atoms with Crippen LogP contribution < -0.4 is 4.57 Å². The molecule has 186 valence electrons. The molecule has 0 saturated heterocycles. The van der Waals surface area contributed by atoms with Crippen molar-refractivity contribution in [3.63, 3.8) is 0 Å². The van der Waals surface area contributed by atoms with Gasteiger partial charge in [-0.15, -0.1) is 0 Å². The van der Waals surface area contributed by atoms with E-state index >= 15 is 0 Å². The van der Waals surface area contributed by atoms with Gasteiger partial charge in [0.05, 0.1) is 5.56 Å². The van der Waals surface area contributed by atoms with Gasteiger partial charge in [-0.25, -0.2) is 4.57 Å². The van der Waals surface area contributed by atoms with Crippen LogP contribution in [0.15, 0.2) is 95.5 Å². The van der Waals surface area contributed by atoms with Crippen molar-refractivity contribution >= 4 is 32.7 Å². The maximum atomic E-state index is 9.13. The van der Waals surface area contributed by atoms with Crippen molar-refractivity contribution in [2.45, 2.75) is 38.5 Å². The Labute approximate surface area is 224 Å². The minimum atomic E-state index is -0.400. The van der Waals surface area contributed by atoms with Gasteiger partial charge >= 0.3 is 0 Å². The molecule has 6 aromatic rings. The van der Waals surface area contributed by atoms with E-state index in [9.17, 15) is 0 Å². The van der Waals surface area contributed by atoms with E-state index in [1.165, 1.54) is 51.4 Å². The summed E-state index contributed by atoms with van der Waals surface area (Å²) in [6, 6.07) is 30.6. The highest BCUT2D eigenvalue weighted by molar-refractivity contribution is 6.15. The zero-order valence-corrected chi connectivity index (χ0v) is 22.0. The quantitative estimate of drug-likeness (QED) is 0.224. The number of hydrogen-bond acceptors (Lipinski definition) is 1. The Kier molecular flexibility index (Phi) is 4.60. The lowest BCUT2D eigenvalue weighted by Gasteiger charge is -2.45. The molecular weight excluding hydrogens is 462 g/mol. The Bertz CT molecular complexity index is 1900. The van der Waals surface area contributed by atoms with Crippen molar-refractivity contribution in [1.29, 1.82) is 0 Å². The minimum absolute atomic E-state index is 0.400. The van der Waals surface area contributed by atoms with Gasteiger partial charge in [-0.3, -0.25) is 0 Å². The second kappa shape index (κ2) is 8.30. The number of aromatic nitrogens is 1. The molecule has 38 heavy (non-hydrogen) atoms. The van der Waals surface area contributed by atoms with Gasteiger partial charge in [-0.2, -0.15) is 0 Å². The van der Waals surface area contributed by atoms with Crippen LogP contribution in [0.4, 0.5) is 0 Å². The van der Waals surface area contributed by atoms with Crippen LogP contribution in [0.1, 0.15) is 44.1 Å². The molecule has 2 aromatic heterocycles. The fourth-order valence-corrected chi connectivity index (χ4v) is 7.07. The van der Waals surface area contributed by atoms with E-state index in [2.05, 4.69) is 110 Å². The van der Waals surface area contributed by atoms with Crippen molar-refractivity contribution in [2.75, 3.05) is 0 Å². The lowest BCUT2D eigenvalue weighted by molar-refractivity contribution is -0.660. The zero-order valence-electron chi connectivity index (χ0n) is 23.0. The van der Waals surface area contributed by atoms with Gasteiger partial charge < -0.3 is 4.42 Å². The molecule has 3 saturated carbocycles. The van der Waals surface area contributed by atoms with E-state index in [0.29, 0.717) is 0 Å². The Balaban J connectivity index is 1.19. The first-order valence-corrected chi connectivity index (χ1v) is 13.9. The highest BCUT2D eigenvalue weighted by atomic mass is 16.3. The molecule has 3 aliphatic carbocycles. The van der Waals surface area contributed by atoms with E-state index in [0.717, 1.165) is 52.3 Å². The van der Waals surface area contributed by atoms with E-state index < -0.39 is 5.89 Å². The first kappa shape index (κ1) is 21.1. The van der Waals surface area contributed by atoms with Crippen LogP contribution >= 0.6 is 0 Å². The topological polar surface area (TPSA) is 17.0 Å². The number of pyridine rings is 1. The van der Waals surface area contributed by atoms with Gasteiger partial charge in [0.25, 0.3) is 0 Å². The molecule has 9 rings (SSSR count). The third-order valence-electron chi connectivity index (χ3n) is 9.16. The highest BCUT2D eigenvalue weighted by Gasteiger charge is 2.38. The van der Waals surface area contributed by atoms with Crippen LogP contribution in [-0.2, 0) is 7.05 Å². The lowest BCUT2D eigenvalue weighted by Crippen LogP contribution is -2.32. The summed E-state index contributed by atoms with van der Waals surface area (Å²) in [6.45, 7) is 2.19. The molecule has 3 aliphatic rings. The Morgan fingerprint density at radius 2 is 1.55 bits per heavy atom. The summed E-state index contributed by atoms with van der Waals surface area (Å²) in [5.41, 5.74) is 9.01. The smallest absolute Gasteiger partial charge is 0.213 e. The number of hydrogen-bond donors (Lipinski definition) is 0. The molecule has 2 bridgehead atoms. The standard InChI is InChI=1S/C36H32NO/c1-22-15-33-31-12-11-27-5-3-4-6-30(27)36(31)38-35(33)21-32(22)34-20-28(13-14-37(34)2)25-7-9-26(10-8-25)29-18-23-16-24(17-23)19-29/h3-15,20-21,23-24,29H,16-19H2,1-2H3/q+1/i29D. The molecule has 0 spiro atoms. The van der Waals surface area contributed by atoms with Crippen molar-refractivity contribution in [1.82, 2.24) is 0 Å². The van der Waals surface area contributed by atoms with Crippen molar-refractivity contribution in [3.05, 3.63) is 102 Å². The third-order valence-corrected chi connectivity index (χ3v) is 9.16. The van der Waals surface area contributed by atoms with Gasteiger partial charge in [0.1, 0.15) is 18.2 Å². The third kappa shape index (κ3) is 3.43. The Morgan fingerprint density at radius 1 is 0.763 bits per heavy atom. The highest BCUT2D eigenvalue weighted by Crippen LogP contribution is 2.51. The van der Waals surface area contributed by atoms with Gasteiger partial charge in [-0.05, 0) is 96.2 Å². The van der Waals surface area contributed by atoms with Crippen molar-refractivity contribution < 1.29 is 10.4 Å². The molecule has 0 radical (unpaired) electrons. The predicted molar refractivity (Wildman–Crippen MR) is 156 cm³/mol. The number of benzene rings is 4. The number of aryl methyl sites for hydroxylation is 2. The van der Waals surface area contributed by atoms with E-state index in [1.54, 1.807) is 0 Å². The fourth-order valence-electron chi connectivity index (χ4n) is 7.07. The summed E-state index contributed by atoms with van der Waals surface area (Å²) in [5, 5.41) is 4.68. The van der Waals surface area contributed by atoms with E-state index in [-0.39, 0.29) is 0 Å². The Hall–Kier alpha value is -3.91. The molecule has 0 N–H and O–H groups in total. The van der Waals surface area contributed by atoms with E-state index in [4.69, 9.17) is 5.79 Å². The molecule has 0 aliphatic heterocycles. The molecule has 2 heterocycles. The summed E-state index contributed by atoms with van der Waals surface area (Å²) in [7, 11) is 2.11. The van der Waals surface area contributed by atoms with Gasteiger partial charge in [0.15, 0.2) is 6.20 Å². The average molecular weight is 496 g/mol. The number of furan rings is 1. The second-order valence-electron chi connectivity index (χ2n) is 11.6. The summed E-state index contributed by atoms with van der Waals surface area (Å²) < 4.78 is 17.8. The summed E-state index contributed by atoms with van der Waals surface area (Å²) >= 11 is 0. The average Bonchev–Trinajstić information content (AvgIpc) is 3.30. The number of rotatable bonds is 3. The molecule has 0 amide bonds. The van der Waals surface area contributed by atoms with E-state index in [1.807, 2.05) is 0 Å². The van der Waals surface area contributed by atoms with Gasteiger partial charge in [-0.1, -0.05) is 54.6 Å². The number of fused-ring (bicyclic) bond motifs is 7. The first-order chi connectivity index (χ1) is 18.9. The van der Waals surface area contributed by atoms with Crippen LogP contribution in [-0.4, -0.2) is 0 Å². The number of nitrogens with zero attached hydrogens (tertiary/aromatic N) is 1. The van der Waals surface area contributed by atoms with Gasteiger partial charge in [0, 0.05) is 29.7 Å². The Morgan fingerprint density at radius 3 is 2.37 bits per heavy atom. The summed E-state index contributed by atoms with van der Waals surface area (Å²) in [6.07, 6.45) is 6.88.